The molecule has 1 saturated heterocycles. The number of hydrogen-bond acceptors (Lipinski definition) is 2. The van der Waals surface area contributed by atoms with Crippen molar-refractivity contribution in [2.24, 2.45) is 5.92 Å². The molecule has 1 amide bonds. The first kappa shape index (κ1) is 11.9. The fourth-order valence-corrected chi connectivity index (χ4v) is 2.60. The topological polar surface area (TPSA) is 32.3 Å². The predicted octanol–water partition coefficient (Wildman–Crippen LogP) is 1.78. The van der Waals surface area contributed by atoms with Crippen LogP contribution in [0.25, 0.3) is 0 Å². The fraction of sp³-hybridized carbons (Fsp3) is 0.923. The van der Waals surface area contributed by atoms with Gasteiger partial charge in [0.1, 0.15) is 0 Å². The molecule has 2 unspecified atom stereocenters. The third kappa shape index (κ3) is 3.21. The standard InChI is InChI=1S/C13H24N2O/c1-2-11-9-12(11)14-10-13(16)15-7-5-3-4-6-8-15/h11-12,14H,2-10H2,1H3. The lowest BCUT2D eigenvalue weighted by Crippen LogP contribution is -2.39. The molecule has 16 heavy (non-hydrogen) atoms. The van der Waals surface area contributed by atoms with Crippen molar-refractivity contribution in [3.8, 4) is 0 Å². The van der Waals surface area contributed by atoms with Crippen molar-refractivity contribution in [1.29, 1.82) is 0 Å². The van der Waals surface area contributed by atoms with E-state index in [2.05, 4.69) is 12.2 Å². The van der Waals surface area contributed by atoms with Gasteiger partial charge in [-0.1, -0.05) is 26.2 Å². The van der Waals surface area contributed by atoms with Gasteiger partial charge in [0.05, 0.1) is 6.54 Å². The fourth-order valence-electron chi connectivity index (χ4n) is 2.60. The normalized spacial score (nSPS) is 29.9. The molecule has 0 aromatic heterocycles. The lowest BCUT2D eigenvalue weighted by molar-refractivity contribution is -0.130. The van der Waals surface area contributed by atoms with Crippen molar-refractivity contribution in [3.05, 3.63) is 0 Å². The van der Waals surface area contributed by atoms with Crippen LogP contribution in [0, 0.1) is 5.92 Å². The molecule has 0 radical (unpaired) electrons. The molecular weight excluding hydrogens is 200 g/mol. The molecule has 2 aliphatic rings. The molecular formula is C13H24N2O. The molecule has 92 valence electrons. The van der Waals surface area contributed by atoms with Gasteiger partial charge in [-0.15, -0.1) is 0 Å². The lowest BCUT2D eigenvalue weighted by Gasteiger charge is -2.20. The van der Waals surface area contributed by atoms with Crippen molar-refractivity contribution in [1.82, 2.24) is 10.2 Å². The van der Waals surface area contributed by atoms with Crippen LogP contribution in [0.5, 0.6) is 0 Å². The number of rotatable bonds is 4. The highest BCUT2D eigenvalue weighted by atomic mass is 16.2. The van der Waals surface area contributed by atoms with E-state index in [0.29, 0.717) is 18.5 Å². The van der Waals surface area contributed by atoms with Gasteiger partial charge in [0.15, 0.2) is 0 Å². The van der Waals surface area contributed by atoms with E-state index >= 15 is 0 Å². The van der Waals surface area contributed by atoms with E-state index in [9.17, 15) is 4.79 Å². The van der Waals surface area contributed by atoms with E-state index in [0.717, 1.165) is 19.0 Å². The van der Waals surface area contributed by atoms with E-state index in [4.69, 9.17) is 0 Å². The summed E-state index contributed by atoms with van der Waals surface area (Å²) < 4.78 is 0. The van der Waals surface area contributed by atoms with Crippen LogP contribution >= 0.6 is 0 Å². The molecule has 3 heteroatoms. The molecule has 2 fully saturated rings. The van der Waals surface area contributed by atoms with E-state index in [1.807, 2.05) is 4.90 Å². The SMILES string of the molecule is CCC1CC1NCC(=O)N1CCCCCC1. The Morgan fingerprint density at radius 3 is 2.50 bits per heavy atom. The van der Waals surface area contributed by atoms with Crippen LogP contribution in [-0.4, -0.2) is 36.5 Å². The predicted molar refractivity (Wildman–Crippen MR) is 65.2 cm³/mol. The number of nitrogens with one attached hydrogen (secondary N) is 1. The third-order valence-corrected chi connectivity index (χ3v) is 3.92. The largest absolute Gasteiger partial charge is 0.342 e. The minimum atomic E-state index is 0.309. The van der Waals surface area contributed by atoms with Crippen LogP contribution < -0.4 is 5.32 Å². The zero-order valence-electron chi connectivity index (χ0n) is 10.4. The number of likely N-dealkylation sites (tertiary alicyclic amines) is 1. The zero-order valence-corrected chi connectivity index (χ0v) is 10.4. The Kier molecular flexibility index (Phi) is 4.22. The highest BCUT2D eigenvalue weighted by Crippen LogP contribution is 2.32. The average molecular weight is 224 g/mol. The van der Waals surface area contributed by atoms with Crippen molar-refractivity contribution in [2.75, 3.05) is 19.6 Å². The Morgan fingerprint density at radius 2 is 1.94 bits per heavy atom. The minimum Gasteiger partial charge on any atom is -0.342 e. The second kappa shape index (κ2) is 5.67. The lowest BCUT2D eigenvalue weighted by atomic mass is 10.2. The zero-order chi connectivity index (χ0) is 11.4. The Morgan fingerprint density at radius 1 is 1.25 bits per heavy atom. The molecule has 3 nitrogen and oxygen atoms in total. The van der Waals surface area contributed by atoms with Crippen LogP contribution in [0.2, 0.25) is 0 Å². The van der Waals surface area contributed by atoms with Crippen LogP contribution in [0.15, 0.2) is 0 Å². The van der Waals surface area contributed by atoms with Crippen molar-refractivity contribution in [2.45, 2.75) is 51.5 Å². The van der Waals surface area contributed by atoms with E-state index in [1.54, 1.807) is 0 Å². The van der Waals surface area contributed by atoms with Gasteiger partial charge in [0.25, 0.3) is 0 Å². The quantitative estimate of drug-likeness (QED) is 0.789. The van der Waals surface area contributed by atoms with Gasteiger partial charge in [0, 0.05) is 19.1 Å². The number of hydrogen-bond donors (Lipinski definition) is 1. The molecule has 0 aromatic rings. The first-order valence-corrected chi connectivity index (χ1v) is 6.82. The molecule has 0 aromatic carbocycles. The van der Waals surface area contributed by atoms with Gasteiger partial charge < -0.3 is 10.2 Å². The van der Waals surface area contributed by atoms with Gasteiger partial charge in [0.2, 0.25) is 5.91 Å². The van der Waals surface area contributed by atoms with Gasteiger partial charge in [-0.25, -0.2) is 0 Å². The number of nitrogens with zero attached hydrogens (tertiary/aromatic N) is 1. The second-order valence-electron chi connectivity index (χ2n) is 5.19. The van der Waals surface area contributed by atoms with Crippen molar-refractivity contribution >= 4 is 5.91 Å². The summed E-state index contributed by atoms with van der Waals surface area (Å²) in [6, 6.07) is 0.626. The third-order valence-electron chi connectivity index (χ3n) is 3.92. The summed E-state index contributed by atoms with van der Waals surface area (Å²) in [5.41, 5.74) is 0. The molecule has 0 bridgehead atoms. The van der Waals surface area contributed by atoms with Crippen LogP contribution in [-0.2, 0) is 4.79 Å². The molecule has 2 rings (SSSR count). The highest BCUT2D eigenvalue weighted by Gasteiger charge is 2.35. The van der Waals surface area contributed by atoms with Gasteiger partial charge >= 0.3 is 0 Å². The van der Waals surface area contributed by atoms with Crippen molar-refractivity contribution < 1.29 is 4.79 Å². The highest BCUT2D eigenvalue weighted by molar-refractivity contribution is 5.78. The maximum Gasteiger partial charge on any atom is 0.236 e. The molecule has 1 aliphatic heterocycles. The van der Waals surface area contributed by atoms with Gasteiger partial charge in [-0.05, 0) is 25.2 Å². The van der Waals surface area contributed by atoms with Crippen LogP contribution in [0.3, 0.4) is 0 Å². The number of amides is 1. The molecule has 1 aliphatic carbocycles. The Hall–Kier alpha value is -0.570. The smallest absolute Gasteiger partial charge is 0.236 e. The Bertz CT molecular complexity index is 234. The summed E-state index contributed by atoms with van der Waals surface area (Å²) in [5.74, 6) is 1.14. The van der Waals surface area contributed by atoms with E-state index < -0.39 is 0 Å². The minimum absolute atomic E-state index is 0.309. The van der Waals surface area contributed by atoms with E-state index in [-0.39, 0.29) is 0 Å². The summed E-state index contributed by atoms with van der Waals surface area (Å²) in [6.45, 7) is 4.73. The molecule has 2 atom stereocenters. The Labute approximate surface area is 98.6 Å². The first-order valence-electron chi connectivity index (χ1n) is 6.82. The monoisotopic (exact) mass is 224 g/mol. The van der Waals surface area contributed by atoms with Crippen LogP contribution in [0.1, 0.15) is 45.4 Å². The molecule has 1 heterocycles. The van der Waals surface area contributed by atoms with Crippen molar-refractivity contribution in [3.63, 3.8) is 0 Å². The van der Waals surface area contributed by atoms with Gasteiger partial charge in [-0.3, -0.25) is 4.79 Å². The summed E-state index contributed by atoms with van der Waals surface area (Å²) in [6.07, 6.45) is 7.47. The maximum absolute atomic E-state index is 11.9. The van der Waals surface area contributed by atoms with E-state index in [1.165, 1.54) is 38.5 Å². The first-order chi connectivity index (χ1) is 7.81. The molecule has 1 N–H and O–H groups in total. The molecule has 0 spiro atoms. The summed E-state index contributed by atoms with van der Waals surface area (Å²) in [4.78, 5) is 14.0. The van der Waals surface area contributed by atoms with Gasteiger partial charge in [-0.2, -0.15) is 0 Å². The van der Waals surface area contributed by atoms with Crippen LogP contribution in [0.4, 0.5) is 0 Å². The number of carbonyl (C=O) groups excluding carboxylic acids is 1. The molecule has 1 saturated carbocycles. The maximum atomic E-state index is 11.9. The summed E-state index contributed by atoms with van der Waals surface area (Å²) in [5, 5.41) is 3.38. The Balaban J connectivity index is 1.66. The summed E-state index contributed by atoms with van der Waals surface area (Å²) in [7, 11) is 0. The number of carbonyl (C=O) groups is 1. The summed E-state index contributed by atoms with van der Waals surface area (Å²) >= 11 is 0. The second-order valence-corrected chi connectivity index (χ2v) is 5.19. The average Bonchev–Trinajstić information content (AvgIpc) is 3.09.